The van der Waals surface area contributed by atoms with E-state index in [-0.39, 0.29) is 11.5 Å². The molecular formula is C8H18N2O3S2. The van der Waals surface area contributed by atoms with Crippen molar-refractivity contribution in [1.82, 2.24) is 4.31 Å². The average molecular weight is 254 g/mol. The minimum atomic E-state index is -3.54. The van der Waals surface area contributed by atoms with Crippen LogP contribution in [0, 0.1) is 0 Å². The molecule has 90 valence electrons. The van der Waals surface area contributed by atoms with Crippen molar-refractivity contribution < 1.29 is 13.5 Å². The Morgan fingerprint density at radius 2 is 2.07 bits per heavy atom. The number of thiocarbonyl (C=S) groups is 1. The van der Waals surface area contributed by atoms with Gasteiger partial charge in [-0.15, -0.1) is 0 Å². The molecule has 0 rings (SSSR count). The number of aliphatic hydroxyl groups excluding tert-OH is 1. The van der Waals surface area contributed by atoms with Crippen LogP contribution in [0.1, 0.15) is 20.3 Å². The highest BCUT2D eigenvalue weighted by atomic mass is 32.2. The van der Waals surface area contributed by atoms with Crippen LogP contribution in [0.5, 0.6) is 0 Å². The molecule has 2 atom stereocenters. The van der Waals surface area contributed by atoms with Crippen LogP contribution in [-0.4, -0.2) is 47.8 Å². The van der Waals surface area contributed by atoms with Crippen molar-refractivity contribution in [3.63, 3.8) is 0 Å². The van der Waals surface area contributed by atoms with Crippen LogP contribution in [0.2, 0.25) is 0 Å². The molecule has 0 bridgehead atoms. The summed E-state index contributed by atoms with van der Waals surface area (Å²) in [5.41, 5.74) is 5.37. The van der Waals surface area contributed by atoms with Crippen LogP contribution in [0.3, 0.4) is 0 Å². The summed E-state index contributed by atoms with van der Waals surface area (Å²) < 4.78 is 24.9. The standard InChI is InChI=1S/C8H18N2O3S2/c1-4-7(8(9)14)15(12,13)10(3)5-6(2)11/h6-7,11H,4-5H2,1-3H3,(H2,9,14). The lowest BCUT2D eigenvalue weighted by Crippen LogP contribution is -2.44. The molecule has 0 spiro atoms. The minimum Gasteiger partial charge on any atom is -0.392 e. The van der Waals surface area contributed by atoms with Gasteiger partial charge >= 0.3 is 0 Å². The quantitative estimate of drug-likeness (QED) is 0.635. The van der Waals surface area contributed by atoms with Crippen molar-refractivity contribution in [1.29, 1.82) is 0 Å². The molecule has 0 aromatic rings. The molecule has 7 heteroatoms. The average Bonchev–Trinajstić information content (AvgIpc) is 2.02. The fraction of sp³-hybridized carbons (Fsp3) is 0.875. The molecule has 0 aliphatic carbocycles. The fourth-order valence-corrected chi connectivity index (χ4v) is 3.36. The zero-order valence-corrected chi connectivity index (χ0v) is 10.8. The van der Waals surface area contributed by atoms with Gasteiger partial charge in [0, 0.05) is 13.6 Å². The molecule has 0 aromatic heterocycles. The molecule has 0 fully saturated rings. The molecule has 0 amide bonds. The summed E-state index contributed by atoms with van der Waals surface area (Å²) in [4.78, 5) is -0.0325. The van der Waals surface area contributed by atoms with Crippen molar-refractivity contribution in [3.8, 4) is 0 Å². The Morgan fingerprint density at radius 1 is 1.60 bits per heavy atom. The maximum Gasteiger partial charge on any atom is 0.223 e. The van der Waals surface area contributed by atoms with E-state index >= 15 is 0 Å². The second kappa shape index (κ2) is 5.74. The van der Waals surface area contributed by atoms with Gasteiger partial charge in [0.25, 0.3) is 0 Å². The highest BCUT2D eigenvalue weighted by Crippen LogP contribution is 2.11. The summed E-state index contributed by atoms with van der Waals surface area (Å²) in [5.74, 6) is 0. The molecule has 0 saturated carbocycles. The van der Waals surface area contributed by atoms with E-state index in [0.717, 1.165) is 4.31 Å². The third-order valence-electron chi connectivity index (χ3n) is 2.00. The third-order valence-corrected chi connectivity index (χ3v) is 4.76. The topological polar surface area (TPSA) is 83.6 Å². The molecule has 0 saturated heterocycles. The van der Waals surface area contributed by atoms with Gasteiger partial charge < -0.3 is 10.8 Å². The van der Waals surface area contributed by atoms with E-state index in [1.807, 2.05) is 0 Å². The summed E-state index contributed by atoms with van der Waals surface area (Å²) in [5, 5.41) is 8.26. The molecule has 5 nitrogen and oxygen atoms in total. The Bertz CT molecular complexity index is 314. The molecule has 0 aromatic carbocycles. The first kappa shape index (κ1) is 14.8. The van der Waals surface area contributed by atoms with E-state index in [1.165, 1.54) is 14.0 Å². The zero-order valence-electron chi connectivity index (χ0n) is 9.17. The first-order valence-corrected chi connectivity index (χ1v) is 6.57. The van der Waals surface area contributed by atoms with Gasteiger partial charge in [-0.2, -0.15) is 0 Å². The molecule has 0 heterocycles. The molecule has 15 heavy (non-hydrogen) atoms. The van der Waals surface area contributed by atoms with Crippen molar-refractivity contribution in [2.24, 2.45) is 5.73 Å². The maximum absolute atomic E-state index is 11.9. The van der Waals surface area contributed by atoms with Crippen LogP contribution in [0.15, 0.2) is 0 Å². The summed E-state index contributed by atoms with van der Waals surface area (Å²) in [6.45, 7) is 3.27. The maximum atomic E-state index is 11.9. The number of nitrogens with zero attached hydrogens (tertiary/aromatic N) is 1. The van der Waals surface area contributed by atoms with E-state index in [9.17, 15) is 8.42 Å². The highest BCUT2D eigenvalue weighted by Gasteiger charge is 2.30. The second-order valence-electron chi connectivity index (χ2n) is 3.47. The number of hydrogen-bond donors (Lipinski definition) is 2. The van der Waals surface area contributed by atoms with Gasteiger partial charge in [-0.1, -0.05) is 19.1 Å². The molecule has 0 aliphatic rings. The minimum absolute atomic E-state index is 0.0325. The van der Waals surface area contributed by atoms with Crippen LogP contribution in [0.25, 0.3) is 0 Å². The Labute approximate surface area is 96.3 Å². The van der Waals surface area contributed by atoms with Crippen molar-refractivity contribution in [2.45, 2.75) is 31.6 Å². The van der Waals surface area contributed by atoms with Crippen LogP contribution >= 0.6 is 12.2 Å². The van der Waals surface area contributed by atoms with E-state index < -0.39 is 21.4 Å². The lowest BCUT2D eigenvalue weighted by atomic mass is 10.3. The second-order valence-corrected chi connectivity index (χ2v) is 6.17. The van der Waals surface area contributed by atoms with Crippen LogP contribution in [-0.2, 0) is 10.0 Å². The Hall–Kier alpha value is -0.240. The molecule has 2 unspecified atom stereocenters. The van der Waals surface area contributed by atoms with Gasteiger partial charge in [0.1, 0.15) is 5.25 Å². The predicted octanol–water partition coefficient (Wildman–Crippen LogP) is -0.306. The summed E-state index contributed by atoms with van der Waals surface area (Å²) in [6, 6.07) is 0. The van der Waals surface area contributed by atoms with Gasteiger partial charge in [0.05, 0.1) is 11.1 Å². The Kier molecular flexibility index (Phi) is 5.65. The number of aliphatic hydroxyl groups is 1. The Balaban J connectivity index is 4.87. The molecule has 0 aliphatic heterocycles. The van der Waals surface area contributed by atoms with Gasteiger partial charge in [-0.25, -0.2) is 12.7 Å². The van der Waals surface area contributed by atoms with Crippen molar-refractivity contribution in [3.05, 3.63) is 0 Å². The summed E-state index contributed by atoms with van der Waals surface area (Å²) >= 11 is 4.71. The normalized spacial score (nSPS) is 16.3. The molecule has 3 N–H and O–H groups in total. The summed E-state index contributed by atoms with van der Waals surface area (Å²) in [6.07, 6.45) is -0.379. The van der Waals surface area contributed by atoms with Crippen LogP contribution in [0.4, 0.5) is 0 Å². The van der Waals surface area contributed by atoms with Gasteiger partial charge in [-0.05, 0) is 13.3 Å². The first-order chi connectivity index (χ1) is 6.73. The van der Waals surface area contributed by atoms with E-state index in [4.69, 9.17) is 23.1 Å². The number of sulfonamides is 1. The third kappa shape index (κ3) is 4.02. The van der Waals surface area contributed by atoms with E-state index in [1.54, 1.807) is 6.92 Å². The number of rotatable bonds is 6. The smallest absolute Gasteiger partial charge is 0.223 e. The number of hydrogen-bond acceptors (Lipinski definition) is 4. The van der Waals surface area contributed by atoms with Gasteiger partial charge in [0.2, 0.25) is 10.0 Å². The lowest BCUT2D eigenvalue weighted by Gasteiger charge is -2.23. The van der Waals surface area contributed by atoms with Gasteiger partial charge in [-0.3, -0.25) is 0 Å². The fourth-order valence-electron chi connectivity index (χ4n) is 1.25. The molecular weight excluding hydrogens is 236 g/mol. The van der Waals surface area contributed by atoms with E-state index in [2.05, 4.69) is 0 Å². The number of nitrogens with two attached hydrogens (primary N) is 1. The zero-order chi connectivity index (χ0) is 12.2. The monoisotopic (exact) mass is 254 g/mol. The van der Waals surface area contributed by atoms with Crippen molar-refractivity contribution in [2.75, 3.05) is 13.6 Å². The SMILES string of the molecule is CCC(C(N)=S)S(=O)(=O)N(C)CC(C)O. The first-order valence-electron chi connectivity index (χ1n) is 4.66. The largest absolute Gasteiger partial charge is 0.392 e. The summed E-state index contributed by atoms with van der Waals surface area (Å²) in [7, 11) is -2.13. The predicted molar refractivity (Wildman–Crippen MR) is 64.1 cm³/mol. The van der Waals surface area contributed by atoms with Gasteiger partial charge in [0.15, 0.2) is 0 Å². The van der Waals surface area contributed by atoms with Crippen molar-refractivity contribution >= 4 is 27.2 Å². The van der Waals surface area contributed by atoms with E-state index in [0.29, 0.717) is 6.42 Å². The Morgan fingerprint density at radius 3 is 2.33 bits per heavy atom. The highest BCUT2D eigenvalue weighted by molar-refractivity contribution is 7.92. The lowest BCUT2D eigenvalue weighted by molar-refractivity contribution is 0.171. The van der Waals surface area contributed by atoms with Crippen LogP contribution < -0.4 is 5.73 Å². The number of likely N-dealkylation sites (N-methyl/N-ethyl adjacent to an activating group) is 1. The molecule has 0 radical (unpaired) electrons.